The first-order chi connectivity index (χ1) is 25.6. The van der Waals surface area contributed by atoms with E-state index in [2.05, 4.69) is 153 Å². The summed E-state index contributed by atoms with van der Waals surface area (Å²) in [6.45, 7) is 22.0. The van der Waals surface area contributed by atoms with Crippen LogP contribution in [0.4, 0.5) is 0 Å². The van der Waals surface area contributed by atoms with E-state index in [1.807, 2.05) is 0 Å². The van der Waals surface area contributed by atoms with Crippen molar-refractivity contribution < 1.29 is 25.8 Å². The van der Waals surface area contributed by atoms with Gasteiger partial charge < -0.3 is 0 Å². The van der Waals surface area contributed by atoms with Gasteiger partial charge in [0, 0.05) is 0 Å². The minimum absolute atomic E-state index is 0.135. The number of hydrogen-bond acceptors (Lipinski definition) is 2. The number of nitrogens with one attached hydrogen (secondary N) is 2. The maximum atomic E-state index is 12.6. The van der Waals surface area contributed by atoms with Crippen molar-refractivity contribution in [2.45, 2.75) is 89.3 Å². The number of benzene rings is 4. The maximum absolute atomic E-state index is 12.6. The molecule has 4 aromatic carbocycles. The van der Waals surface area contributed by atoms with Gasteiger partial charge in [-0.15, -0.1) is 0 Å². The standard InChI is InChI=1S/2C22H25.C2H3BN2O2.2ClH.Zr/c2*1-6-14(2)19-12-18-8-7-9-21(22(18)13-19)20-11-10-15(3)16(4)17(20)5;6-1-4-3-5-2-7;;;/h2*7-14H,6H2,1-5H3;1-2H,(H-,4,5,6,7);2*1H;/q;;;;;+1/p-1. The molecule has 0 aromatic heterocycles. The molecule has 0 saturated carbocycles. The van der Waals surface area contributed by atoms with E-state index in [4.69, 9.17) is 17.0 Å². The molecular weight excluding hydrogens is 785 g/mol. The van der Waals surface area contributed by atoms with Crippen molar-refractivity contribution in [2.24, 2.45) is 11.8 Å². The molecule has 6 rings (SSSR count). The molecule has 2 N–H and O–H groups in total. The van der Waals surface area contributed by atoms with Gasteiger partial charge in [-0.1, -0.05) is 0 Å². The fourth-order valence-corrected chi connectivity index (χ4v) is 30.1. The topological polar surface area (TPSA) is 58.2 Å². The summed E-state index contributed by atoms with van der Waals surface area (Å²) in [6, 6.07) is 21.9. The van der Waals surface area contributed by atoms with Crippen LogP contribution in [0, 0.1) is 53.4 Å². The Morgan fingerprint density at radius 2 is 1.00 bits per heavy atom. The zero-order valence-corrected chi connectivity index (χ0v) is 37.4. The molecule has 0 spiro atoms. The van der Waals surface area contributed by atoms with E-state index in [-0.39, 0.29) is 11.8 Å². The second-order valence-electron chi connectivity index (χ2n) is 16.0. The van der Waals surface area contributed by atoms with Crippen LogP contribution in [0.5, 0.6) is 0 Å². The van der Waals surface area contributed by atoms with Crippen molar-refractivity contribution in [3.05, 3.63) is 127 Å². The van der Waals surface area contributed by atoms with Gasteiger partial charge in [0.25, 0.3) is 0 Å². The van der Waals surface area contributed by atoms with E-state index in [0.717, 1.165) is 46.2 Å². The van der Waals surface area contributed by atoms with Gasteiger partial charge in [-0.3, -0.25) is 0 Å². The van der Waals surface area contributed by atoms with Gasteiger partial charge in [0.05, 0.1) is 0 Å². The van der Waals surface area contributed by atoms with E-state index in [1.54, 1.807) is 0 Å². The Morgan fingerprint density at radius 1 is 0.611 bits per heavy atom. The summed E-state index contributed by atoms with van der Waals surface area (Å²) in [7, 11) is 17.6. The second-order valence-corrected chi connectivity index (χ2v) is 37.4. The monoisotopic (exact) mass is 837 g/mol. The number of halogens is 2. The molecule has 4 unspecified atom stereocenters. The van der Waals surface area contributed by atoms with Gasteiger partial charge in [-0.2, -0.15) is 0 Å². The number of hydrogen-bond donors (Lipinski definition) is 2. The van der Waals surface area contributed by atoms with Gasteiger partial charge in [0.1, 0.15) is 0 Å². The van der Waals surface area contributed by atoms with E-state index < -0.39 is 27.9 Å². The third-order valence-electron chi connectivity index (χ3n) is 13.4. The summed E-state index contributed by atoms with van der Waals surface area (Å²) < 4.78 is -1.78. The molecule has 2 amide bonds. The number of fused-ring (bicyclic) bond motifs is 2. The van der Waals surface area contributed by atoms with Gasteiger partial charge in [-0.05, 0) is 0 Å². The molecule has 4 aromatic rings. The van der Waals surface area contributed by atoms with E-state index in [9.17, 15) is 9.59 Å². The zero-order chi connectivity index (χ0) is 39.3. The SMILES string of the molecule is CCC(C)C1=Cc2c(-c3ccc(C)c(C)c3C)cccc2[CH]1[Zr]([Cl])([Cl])([B](NC=O)NC=O)[CH]1C(C(C)CC)=Cc2c(-c3ccc(C)c(C)c3C)cccc21. The molecular formula is C46H54BCl2N2O2Zr. The second kappa shape index (κ2) is 15.4. The third-order valence-corrected chi connectivity index (χ3v) is 33.2. The van der Waals surface area contributed by atoms with E-state index in [0.29, 0.717) is 12.8 Å². The molecule has 2 aliphatic carbocycles. The Hall–Kier alpha value is -3.17. The quantitative estimate of drug-likeness (QED) is 0.104. The number of carbonyl (C=O) groups excluding carboxylic acids is 2. The van der Waals surface area contributed by atoms with Crippen LogP contribution >= 0.6 is 17.0 Å². The van der Waals surface area contributed by atoms with E-state index >= 15 is 0 Å². The van der Waals surface area contributed by atoms with Crippen LogP contribution in [0.15, 0.2) is 71.8 Å². The molecule has 0 radical (unpaired) electrons. The molecule has 54 heavy (non-hydrogen) atoms. The Kier molecular flexibility index (Phi) is 11.5. The fourth-order valence-electron chi connectivity index (χ4n) is 9.38. The fraction of sp³-hybridized carbons (Fsp3) is 0.348. The van der Waals surface area contributed by atoms with Gasteiger partial charge in [0.2, 0.25) is 0 Å². The molecule has 2 aliphatic rings. The number of carbonyl (C=O) groups is 2. The summed E-state index contributed by atoms with van der Waals surface area (Å²) in [6.07, 6.45) is 7.73. The van der Waals surface area contributed by atoms with Crippen LogP contribution in [0.25, 0.3) is 34.4 Å². The molecule has 4 atom stereocenters. The van der Waals surface area contributed by atoms with Gasteiger partial charge in [0.15, 0.2) is 0 Å². The van der Waals surface area contributed by atoms with Crippen LogP contribution in [0.2, 0.25) is 0 Å². The Balaban J connectivity index is 1.72. The third kappa shape index (κ3) is 6.33. The van der Waals surface area contributed by atoms with E-state index in [1.165, 1.54) is 55.7 Å². The number of rotatable bonds is 13. The normalized spacial score (nSPS) is 18.0. The van der Waals surface area contributed by atoms with Crippen molar-refractivity contribution in [1.82, 2.24) is 10.5 Å². The first-order valence-electron chi connectivity index (χ1n) is 19.5. The molecule has 8 heteroatoms. The molecule has 0 bridgehead atoms. The minimum atomic E-state index is -5.95. The Bertz CT molecular complexity index is 2080. The Morgan fingerprint density at radius 3 is 1.35 bits per heavy atom. The van der Waals surface area contributed by atoms with Crippen molar-refractivity contribution in [3.63, 3.8) is 0 Å². The van der Waals surface area contributed by atoms with Crippen molar-refractivity contribution in [2.75, 3.05) is 0 Å². The van der Waals surface area contributed by atoms with Gasteiger partial charge >= 0.3 is 334 Å². The average Bonchev–Trinajstić information content (AvgIpc) is 3.77. The molecule has 0 aliphatic heterocycles. The molecule has 281 valence electrons. The molecule has 4 nitrogen and oxygen atoms in total. The van der Waals surface area contributed by atoms with Crippen molar-refractivity contribution in [3.8, 4) is 22.3 Å². The average molecular weight is 840 g/mol. The zero-order valence-electron chi connectivity index (χ0n) is 33.5. The van der Waals surface area contributed by atoms with Crippen LogP contribution in [0.3, 0.4) is 0 Å². The summed E-state index contributed by atoms with van der Waals surface area (Å²) in [4.78, 5) is 25.3. The Labute approximate surface area is 331 Å². The van der Waals surface area contributed by atoms with Crippen LogP contribution < -0.4 is 10.5 Å². The van der Waals surface area contributed by atoms with Gasteiger partial charge in [-0.25, -0.2) is 0 Å². The van der Waals surface area contributed by atoms with Crippen molar-refractivity contribution >= 4 is 46.5 Å². The first-order valence-corrected chi connectivity index (χ1v) is 30.0. The predicted molar refractivity (Wildman–Crippen MR) is 228 cm³/mol. The number of allylic oxidation sites excluding steroid dienone is 2. The molecule has 0 heterocycles. The van der Waals surface area contributed by atoms with Crippen LogP contribution in [-0.4, -0.2) is 17.3 Å². The predicted octanol–water partition coefficient (Wildman–Crippen LogP) is 12.0. The molecule has 0 fully saturated rings. The number of amides is 2. The summed E-state index contributed by atoms with van der Waals surface area (Å²) >= 11 is -5.95. The molecule has 0 saturated heterocycles. The van der Waals surface area contributed by atoms with Crippen molar-refractivity contribution in [1.29, 1.82) is 0 Å². The van der Waals surface area contributed by atoms with Crippen LogP contribution in [-0.2, 0) is 25.8 Å². The summed E-state index contributed by atoms with van der Waals surface area (Å²) in [5.74, 6) is 0.270. The summed E-state index contributed by atoms with van der Waals surface area (Å²) in [5.41, 5.74) is 18.9. The summed E-state index contributed by atoms with van der Waals surface area (Å²) in [5, 5.41) is 6.05. The van der Waals surface area contributed by atoms with Crippen LogP contribution in [0.1, 0.15) is 103 Å². The first kappa shape index (κ1) is 40.5. The number of aryl methyl sites for hydroxylation is 2.